The first kappa shape index (κ1) is 27.5. The van der Waals surface area contributed by atoms with Gasteiger partial charge in [-0.1, -0.05) is 0 Å². The predicted octanol–water partition coefficient (Wildman–Crippen LogP) is 1.57. The minimum Gasteiger partial charge on any atom is -0.385 e. The summed E-state index contributed by atoms with van der Waals surface area (Å²) in [5.41, 5.74) is 0. The number of hydrogen-bond acceptors (Lipinski definition) is 6. The van der Waals surface area contributed by atoms with Crippen LogP contribution >= 0.6 is 0 Å². The largest absolute Gasteiger partial charge is 0.385 e. The van der Waals surface area contributed by atoms with Crippen LogP contribution in [0, 0.1) is 0 Å². The van der Waals surface area contributed by atoms with Crippen molar-refractivity contribution >= 4 is 17.6 Å². The number of ether oxygens (including phenoxy) is 2. The van der Waals surface area contributed by atoms with Gasteiger partial charge in [0.15, 0.2) is 5.78 Å². The Hall–Kier alpha value is -1.51. The minimum absolute atomic E-state index is 0.0191. The Balaban J connectivity index is 4.26. The number of methoxy groups -OCH3 is 2. The second-order valence-corrected chi connectivity index (χ2v) is 7.19. The van der Waals surface area contributed by atoms with Gasteiger partial charge in [0.2, 0.25) is 11.8 Å². The molecule has 0 aliphatic rings. The predicted molar refractivity (Wildman–Crippen MR) is 114 cm³/mol. The summed E-state index contributed by atoms with van der Waals surface area (Å²) in [6.07, 6.45) is 6.53. The second kappa shape index (κ2) is 19.8. The first-order chi connectivity index (χ1) is 14.0. The molecule has 2 amide bonds. The van der Waals surface area contributed by atoms with E-state index in [0.29, 0.717) is 58.3 Å². The molecule has 1 atom stereocenters. The molecule has 0 saturated heterocycles. The van der Waals surface area contributed by atoms with Crippen LogP contribution in [0.25, 0.3) is 0 Å². The lowest BCUT2D eigenvalue weighted by molar-refractivity contribution is -0.128. The highest BCUT2D eigenvalue weighted by molar-refractivity contribution is 5.89. The van der Waals surface area contributed by atoms with Crippen molar-refractivity contribution in [3.8, 4) is 0 Å². The van der Waals surface area contributed by atoms with Crippen LogP contribution < -0.4 is 16.0 Å². The molecule has 0 aromatic rings. The molecule has 0 radical (unpaired) electrons. The molecule has 0 aliphatic heterocycles. The lowest BCUT2D eigenvalue weighted by Gasteiger charge is -2.18. The molecular formula is C21H41N3O5. The maximum Gasteiger partial charge on any atom is 0.220 e. The van der Waals surface area contributed by atoms with Crippen molar-refractivity contribution in [1.29, 1.82) is 0 Å². The summed E-state index contributed by atoms with van der Waals surface area (Å²) >= 11 is 0. The summed E-state index contributed by atoms with van der Waals surface area (Å²) in [6, 6.07) is -0.447. The molecule has 0 bridgehead atoms. The van der Waals surface area contributed by atoms with E-state index in [9.17, 15) is 14.4 Å². The Morgan fingerprint density at radius 3 is 2.00 bits per heavy atom. The smallest absolute Gasteiger partial charge is 0.220 e. The number of Topliss-reactive ketones (excluding diaryl/α,β-unsaturated/α-hetero) is 1. The van der Waals surface area contributed by atoms with Gasteiger partial charge in [-0.3, -0.25) is 14.4 Å². The molecule has 0 aliphatic carbocycles. The minimum atomic E-state index is -0.447. The molecule has 29 heavy (non-hydrogen) atoms. The number of carbonyl (C=O) groups excluding carboxylic acids is 3. The molecule has 0 fully saturated rings. The maximum atomic E-state index is 12.5. The number of ketones is 1. The van der Waals surface area contributed by atoms with E-state index in [2.05, 4.69) is 16.0 Å². The topological polar surface area (TPSA) is 106 Å². The number of carbonyl (C=O) groups is 3. The van der Waals surface area contributed by atoms with Gasteiger partial charge in [0.05, 0.1) is 6.04 Å². The molecule has 8 heteroatoms. The normalized spacial score (nSPS) is 11.8. The van der Waals surface area contributed by atoms with Crippen LogP contribution in [-0.4, -0.2) is 71.2 Å². The molecule has 8 nitrogen and oxygen atoms in total. The summed E-state index contributed by atoms with van der Waals surface area (Å²) < 4.78 is 9.90. The summed E-state index contributed by atoms with van der Waals surface area (Å²) in [5, 5.41) is 8.84. The summed E-state index contributed by atoms with van der Waals surface area (Å²) in [4.78, 5) is 36.3. The fourth-order valence-corrected chi connectivity index (χ4v) is 2.90. The van der Waals surface area contributed by atoms with E-state index in [1.807, 2.05) is 7.05 Å². The molecule has 0 aromatic carbocycles. The summed E-state index contributed by atoms with van der Waals surface area (Å²) in [6.45, 7) is 2.57. The van der Waals surface area contributed by atoms with E-state index in [1.165, 1.54) is 0 Å². The van der Waals surface area contributed by atoms with Gasteiger partial charge in [0.1, 0.15) is 0 Å². The first-order valence-corrected chi connectivity index (χ1v) is 10.8. The summed E-state index contributed by atoms with van der Waals surface area (Å²) in [5.74, 6) is -0.00229. The Bertz CT molecular complexity index is 446. The van der Waals surface area contributed by atoms with Gasteiger partial charge in [0, 0.05) is 53.2 Å². The molecule has 0 heterocycles. The quantitative estimate of drug-likeness (QED) is 0.261. The van der Waals surface area contributed by atoms with Crippen molar-refractivity contribution in [2.24, 2.45) is 0 Å². The van der Waals surface area contributed by atoms with Crippen LogP contribution in [0.3, 0.4) is 0 Å². The molecular weight excluding hydrogens is 374 g/mol. The van der Waals surface area contributed by atoms with Crippen molar-refractivity contribution in [2.45, 2.75) is 70.3 Å². The van der Waals surface area contributed by atoms with Gasteiger partial charge in [-0.15, -0.1) is 0 Å². The molecule has 0 rings (SSSR count). The molecule has 0 aromatic heterocycles. The average molecular weight is 416 g/mol. The Morgan fingerprint density at radius 2 is 1.38 bits per heavy atom. The van der Waals surface area contributed by atoms with Gasteiger partial charge < -0.3 is 25.4 Å². The SMILES string of the molecule is CNCCCCC(=O)C(CCCCNC(=O)CCCOC)NC(=O)CCCOC. The summed E-state index contributed by atoms with van der Waals surface area (Å²) in [7, 11) is 5.11. The van der Waals surface area contributed by atoms with Gasteiger partial charge in [-0.2, -0.15) is 0 Å². The molecule has 1 unspecified atom stereocenters. The number of amides is 2. The average Bonchev–Trinajstić information content (AvgIpc) is 2.70. The molecule has 3 N–H and O–H groups in total. The Kier molecular flexibility index (Phi) is 18.8. The third-order valence-electron chi connectivity index (χ3n) is 4.57. The van der Waals surface area contributed by atoms with Gasteiger partial charge in [-0.05, 0) is 58.5 Å². The fourth-order valence-electron chi connectivity index (χ4n) is 2.90. The second-order valence-electron chi connectivity index (χ2n) is 7.19. The number of rotatable bonds is 20. The molecule has 170 valence electrons. The highest BCUT2D eigenvalue weighted by Crippen LogP contribution is 2.08. The van der Waals surface area contributed by atoms with E-state index >= 15 is 0 Å². The number of unbranched alkanes of at least 4 members (excludes halogenated alkanes) is 2. The standard InChI is InChI=1S/C21H41N3O5/c1-22-14-6-5-11-19(25)18(24-21(27)13-9-17-29-3)10-4-7-15-23-20(26)12-8-16-28-2/h18,22H,4-17H2,1-3H3,(H,23,26)(H,24,27). The third-order valence-corrected chi connectivity index (χ3v) is 4.57. The van der Waals surface area contributed by atoms with Crippen molar-refractivity contribution in [1.82, 2.24) is 16.0 Å². The van der Waals surface area contributed by atoms with Gasteiger partial charge >= 0.3 is 0 Å². The van der Waals surface area contributed by atoms with Crippen LogP contribution in [0.15, 0.2) is 0 Å². The zero-order valence-electron chi connectivity index (χ0n) is 18.5. The zero-order valence-corrected chi connectivity index (χ0v) is 18.5. The van der Waals surface area contributed by atoms with E-state index in [0.717, 1.165) is 32.2 Å². The van der Waals surface area contributed by atoms with Crippen LogP contribution in [0.1, 0.15) is 64.2 Å². The Morgan fingerprint density at radius 1 is 0.759 bits per heavy atom. The van der Waals surface area contributed by atoms with E-state index < -0.39 is 6.04 Å². The third kappa shape index (κ3) is 17.1. The zero-order chi connectivity index (χ0) is 21.7. The monoisotopic (exact) mass is 415 g/mol. The van der Waals surface area contributed by atoms with Crippen LogP contribution in [0.4, 0.5) is 0 Å². The fraction of sp³-hybridized carbons (Fsp3) is 0.857. The number of nitrogens with one attached hydrogen (secondary N) is 3. The van der Waals surface area contributed by atoms with E-state index in [1.54, 1.807) is 14.2 Å². The highest BCUT2D eigenvalue weighted by atomic mass is 16.5. The highest BCUT2D eigenvalue weighted by Gasteiger charge is 2.19. The van der Waals surface area contributed by atoms with E-state index in [-0.39, 0.29) is 17.6 Å². The van der Waals surface area contributed by atoms with Gasteiger partial charge in [-0.25, -0.2) is 0 Å². The molecule has 0 saturated carbocycles. The van der Waals surface area contributed by atoms with Crippen LogP contribution in [0.5, 0.6) is 0 Å². The van der Waals surface area contributed by atoms with E-state index in [4.69, 9.17) is 9.47 Å². The van der Waals surface area contributed by atoms with Crippen molar-refractivity contribution in [2.75, 3.05) is 47.6 Å². The van der Waals surface area contributed by atoms with Crippen molar-refractivity contribution in [3.05, 3.63) is 0 Å². The van der Waals surface area contributed by atoms with Crippen molar-refractivity contribution in [3.63, 3.8) is 0 Å². The van der Waals surface area contributed by atoms with Crippen molar-refractivity contribution < 1.29 is 23.9 Å². The Labute approximate surface area is 175 Å². The maximum absolute atomic E-state index is 12.5. The van der Waals surface area contributed by atoms with Crippen LogP contribution in [-0.2, 0) is 23.9 Å². The first-order valence-electron chi connectivity index (χ1n) is 10.8. The molecule has 0 spiro atoms. The lowest BCUT2D eigenvalue weighted by Crippen LogP contribution is -2.41. The van der Waals surface area contributed by atoms with Crippen LogP contribution in [0.2, 0.25) is 0 Å². The number of hydrogen-bond donors (Lipinski definition) is 3. The lowest BCUT2D eigenvalue weighted by atomic mass is 10.0. The van der Waals surface area contributed by atoms with Gasteiger partial charge in [0.25, 0.3) is 0 Å².